The van der Waals surface area contributed by atoms with E-state index in [0.717, 1.165) is 0 Å². The molecule has 0 N–H and O–H groups in total. The van der Waals surface area contributed by atoms with Crippen molar-refractivity contribution in [3.8, 4) is 0 Å². The summed E-state index contributed by atoms with van der Waals surface area (Å²) in [7, 11) is 0. The first kappa shape index (κ1) is 5.50. The monoisotopic (exact) mass is 175 g/mol. The zero-order valence-electron chi connectivity index (χ0n) is 3.80. The van der Waals surface area contributed by atoms with Crippen LogP contribution in [0.15, 0.2) is 15.5 Å². The molecule has 0 amide bonds. The summed E-state index contributed by atoms with van der Waals surface area (Å²) in [6.45, 7) is 0. The lowest BCUT2D eigenvalue weighted by atomic mass is 10.6. The average molecular weight is 176 g/mol. The van der Waals surface area contributed by atoms with Gasteiger partial charge in [-0.05, 0) is 15.9 Å². The summed E-state index contributed by atoms with van der Waals surface area (Å²) in [5.41, 5.74) is 0.296. The second kappa shape index (κ2) is 2.09. The van der Waals surface area contributed by atoms with Crippen molar-refractivity contribution in [3.63, 3.8) is 0 Å². The molecule has 0 atom stereocenters. The Bertz CT molecular complexity index is 196. The Kier molecular flexibility index (Phi) is 1.43. The maximum Gasteiger partial charge on any atom is 0.200 e. The molecule has 0 aromatic carbocycles. The standard InChI is InChI=1S/C4H2BrNO2/c5-4-3(1-7)6-2-8-4/h1-2H. The molecule has 0 fully saturated rings. The zero-order valence-corrected chi connectivity index (χ0v) is 5.38. The molecule has 0 saturated heterocycles. The van der Waals surface area contributed by atoms with Gasteiger partial charge in [0.2, 0.25) is 0 Å². The molecule has 4 heteroatoms. The number of aromatic nitrogens is 1. The molecule has 8 heavy (non-hydrogen) atoms. The summed E-state index contributed by atoms with van der Waals surface area (Å²) >= 11 is 2.97. The highest BCUT2D eigenvalue weighted by molar-refractivity contribution is 9.10. The van der Waals surface area contributed by atoms with Crippen LogP contribution in [0.1, 0.15) is 10.5 Å². The molecule has 1 aromatic rings. The van der Waals surface area contributed by atoms with Gasteiger partial charge in [0.05, 0.1) is 0 Å². The van der Waals surface area contributed by atoms with Gasteiger partial charge in [0, 0.05) is 0 Å². The molecule has 0 aliphatic carbocycles. The molecule has 1 heterocycles. The molecule has 3 nitrogen and oxygen atoms in total. The second-order valence-corrected chi connectivity index (χ2v) is 1.85. The lowest BCUT2D eigenvalue weighted by molar-refractivity contribution is 0.111. The summed E-state index contributed by atoms with van der Waals surface area (Å²) in [5, 5.41) is 0. The Balaban J connectivity index is 3.09. The normalized spacial score (nSPS) is 9.12. The van der Waals surface area contributed by atoms with Crippen molar-refractivity contribution >= 4 is 22.2 Å². The summed E-state index contributed by atoms with van der Waals surface area (Å²) in [5.74, 6) is 0. The Labute approximate surface area is 53.8 Å². The van der Waals surface area contributed by atoms with E-state index in [2.05, 4.69) is 25.3 Å². The molecular formula is C4H2BrNO2. The highest BCUT2D eigenvalue weighted by Gasteiger charge is 1.99. The van der Waals surface area contributed by atoms with E-state index in [1.807, 2.05) is 0 Å². The first-order valence-electron chi connectivity index (χ1n) is 1.88. The van der Waals surface area contributed by atoms with Gasteiger partial charge in [-0.1, -0.05) is 0 Å². The van der Waals surface area contributed by atoms with Crippen LogP contribution in [0.25, 0.3) is 0 Å². The average Bonchev–Trinajstić information content (AvgIpc) is 2.14. The summed E-state index contributed by atoms with van der Waals surface area (Å²) in [4.78, 5) is 13.5. The molecule has 1 aromatic heterocycles. The molecule has 42 valence electrons. The van der Waals surface area contributed by atoms with Crippen molar-refractivity contribution in [2.75, 3.05) is 0 Å². The largest absolute Gasteiger partial charge is 0.436 e. The number of rotatable bonds is 1. The summed E-state index contributed by atoms with van der Waals surface area (Å²) in [6.07, 6.45) is 1.82. The van der Waals surface area contributed by atoms with Gasteiger partial charge in [-0.2, -0.15) is 0 Å². The summed E-state index contributed by atoms with van der Waals surface area (Å²) < 4.78 is 5.01. The van der Waals surface area contributed by atoms with Gasteiger partial charge in [-0.15, -0.1) is 0 Å². The molecule has 0 unspecified atom stereocenters. The minimum atomic E-state index is 0.296. The number of hydrogen-bond donors (Lipinski definition) is 0. The lowest BCUT2D eigenvalue weighted by Crippen LogP contribution is -1.75. The number of oxazole rings is 1. The minimum Gasteiger partial charge on any atom is -0.436 e. The smallest absolute Gasteiger partial charge is 0.200 e. The van der Waals surface area contributed by atoms with Gasteiger partial charge in [0.1, 0.15) is 0 Å². The van der Waals surface area contributed by atoms with Crippen LogP contribution in [-0.2, 0) is 0 Å². The van der Waals surface area contributed by atoms with Gasteiger partial charge in [-0.3, -0.25) is 4.79 Å². The van der Waals surface area contributed by atoms with Crippen molar-refractivity contribution in [1.82, 2.24) is 4.98 Å². The number of aldehydes is 1. The second-order valence-electron chi connectivity index (χ2n) is 1.13. The fraction of sp³-hybridized carbons (Fsp3) is 0. The molecule has 0 spiro atoms. The van der Waals surface area contributed by atoms with Crippen LogP contribution in [0.4, 0.5) is 0 Å². The van der Waals surface area contributed by atoms with Crippen molar-refractivity contribution < 1.29 is 9.21 Å². The van der Waals surface area contributed by atoms with Crippen molar-refractivity contribution in [2.45, 2.75) is 0 Å². The molecule has 0 saturated carbocycles. The predicted octanol–water partition coefficient (Wildman–Crippen LogP) is 1.25. The van der Waals surface area contributed by atoms with Crippen LogP contribution in [0.3, 0.4) is 0 Å². The fourth-order valence-corrected chi connectivity index (χ4v) is 0.597. The first-order chi connectivity index (χ1) is 3.84. The van der Waals surface area contributed by atoms with E-state index in [1.165, 1.54) is 6.39 Å². The maximum absolute atomic E-state index is 9.94. The Morgan fingerprint density at radius 2 is 2.62 bits per heavy atom. The molecular weight excluding hydrogens is 174 g/mol. The maximum atomic E-state index is 9.94. The molecule has 0 bridgehead atoms. The Hall–Kier alpha value is -0.640. The van der Waals surface area contributed by atoms with Crippen LogP contribution >= 0.6 is 15.9 Å². The highest BCUT2D eigenvalue weighted by atomic mass is 79.9. The van der Waals surface area contributed by atoms with Gasteiger partial charge in [-0.25, -0.2) is 4.98 Å². The molecule has 1 rings (SSSR count). The molecule has 0 aliphatic heterocycles. The van der Waals surface area contributed by atoms with Crippen molar-refractivity contribution in [1.29, 1.82) is 0 Å². The van der Waals surface area contributed by atoms with E-state index in [-0.39, 0.29) is 0 Å². The van der Waals surface area contributed by atoms with Crippen LogP contribution in [0.2, 0.25) is 0 Å². The van der Waals surface area contributed by atoms with Gasteiger partial charge >= 0.3 is 0 Å². The summed E-state index contributed by atoms with van der Waals surface area (Å²) in [6, 6.07) is 0. The minimum absolute atomic E-state index is 0.296. The lowest BCUT2D eigenvalue weighted by Gasteiger charge is -1.73. The topological polar surface area (TPSA) is 43.1 Å². The van der Waals surface area contributed by atoms with E-state index in [0.29, 0.717) is 16.6 Å². The van der Waals surface area contributed by atoms with Crippen molar-refractivity contribution in [3.05, 3.63) is 16.8 Å². The van der Waals surface area contributed by atoms with E-state index in [9.17, 15) is 4.79 Å². The third-order valence-electron chi connectivity index (χ3n) is 0.661. The first-order valence-corrected chi connectivity index (χ1v) is 2.68. The predicted molar refractivity (Wildman–Crippen MR) is 29.6 cm³/mol. The quantitative estimate of drug-likeness (QED) is 0.604. The van der Waals surface area contributed by atoms with Crippen LogP contribution in [-0.4, -0.2) is 11.3 Å². The number of carbonyl (C=O) groups is 1. The van der Waals surface area contributed by atoms with Crippen molar-refractivity contribution in [2.24, 2.45) is 0 Å². The Morgan fingerprint density at radius 3 is 2.88 bits per heavy atom. The number of halogens is 1. The SMILES string of the molecule is O=Cc1ncoc1Br. The van der Waals surface area contributed by atoms with E-state index < -0.39 is 0 Å². The Morgan fingerprint density at radius 1 is 1.88 bits per heavy atom. The van der Waals surface area contributed by atoms with E-state index >= 15 is 0 Å². The number of carbonyl (C=O) groups excluding carboxylic acids is 1. The van der Waals surface area contributed by atoms with Crippen LogP contribution in [0, 0.1) is 0 Å². The molecule has 0 radical (unpaired) electrons. The van der Waals surface area contributed by atoms with E-state index in [1.54, 1.807) is 0 Å². The van der Waals surface area contributed by atoms with E-state index in [4.69, 9.17) is 0 Å². The van der Waals surface area contributed by atoms with Crippen LogP contribution in [0.5, 0.6) is 0 Å². The number of nitrogens with zero attached hydrogens (tertiary/aromatic N) is 1. The number of hydrogen-bond acceptors (Lipinski definition) is 3. The molecule has 0 aliphatic rings. The van der Waals surface area contributed by atoms with Gasteiger partial charge in [0.15, 0.2) is 23.0 Å². The van der Waals surface area contributed by atoms with Gasteiger partial charge in [0.25, 0.3) is 0 Å². The van der Waals surface area contributed by atoms with Crippen LogP contribution < -0.4 is 0 Å². The highest BCUT2D eigenvalue weighted by Crippen LogP contribution is 2.11. The zero-order chi connectivity index (χ0) is 5.98. The fourth-order valence-electron chi connectivity index (χ4n) is 0.317. The third kappa shape index (κ3) is 0.790. The third-order valence-corrected chi connectivity index (χ3v) is 1.25. The van der Waals surface area contributed by atoms with Gasteiger partial charge < -0.3 is 4.42 Å².